The van der Waals surface area contributed by atoms with Crippen LogP contribution >= 0.6 is 11.6 Å². The average Bonchev–Trinajstić information content (AvgIpc) is 3.17. The highest BCUT2D eigenvalue weighted by Gasteiger charge is 2.34. The second-order valence-electron chi connectivity index (χ2n) is 6.50. The Morgan fingerprint density at radius 3 is 2.79 bits per heavy atom. The predicted octanol–water partition coefficient (Wildman–Crippen LogP) is 4.26. The number of ether oxygens (including phenoxy) is 1. The number of carbonyl (C=O) groups is 1. The molecule has 1 aromatic heterocycles. The van der Waals surface area contributed by atoms with Crippen LogP contribution in [-0.4, -0.2) is 27.3 Å². The number of anilines is 2. The minimum atomic E-state index is -0.512. The van der Waals surface area contributed by atoms with Gasteiger partial charge in [0.25, 0.3) is 5.91 Å². The summed E-state index contributed by atoms with van der Waals surface area (Å²) in [5.41, 5.74) is 2.55. The number of carbonyl (C=O) groups excluding carboxylic acids is 1. The normalized spacial score (nSPS) is 15.5. The van der Waals surface area contributed by atoms with Crippen molar-refractivity contribution in [2.24, 2.45) is 0 Å². The highest BCUT2D eigenvalue weighted by molar-refractivity contribution is 6.31. The molecule has 0 bridgehead atoms. The first-order valence-electron chi connectivity index (χ1n) is 9.25. The summed E-state index contributed by atoms with van der Waals surface area (Å²) in [5, 5.41) is 11.0. The number of benzene rings is 2. The van der Waals surface area contributed by atoms with E-state index in [2.05, 4.69) is 20.7 Å². The number of halogens is 1. The fourth-order valence-electron chi connectivity index (χ4n) is 3.41. The monoisotopic (exact) mass is 409 g/mol. The van der Waals surface area contributed by atoms with Crippen LogP contribution in [0.2, 0.25) is 5.02 Å². The predicted molar refractivity (Wildman–Crippen MR) is 112 cm³/mol. The van der Waals surface area contributed by atoms with Gasteiger partial charge >= 0.3 is 0 Å². The van der Waals surface area contributed by atoms with Crippen LogP contribution in [0.25, 0.3) is 0 Å². The third-order valence-corrected chi connectivity index (χ3v) is 5.02. The molecule has 0 spiro atoms. The minimum Gasteiger partial charge on any atom is -0.492 e. The van der Waals surface area contributed by atoms with Crippen LogP contribution < -0.4 is 15.4 Å². The molecule has 29 heavy (non-hydrogen) atoms. The zero-order valence-electron chi connectivity index (χ0n) is 16.0. The maximum Gasteiger partial charge on any atom is 0.255 e. The molecule has 148 valence electrons. The van der Waals surface area contributed by atoms with Crippen molar-refractivity contribution >= 4 is 29.1 Å². The molecule has 1 aliphatic heterocycles. The lowest BCUT2D eigenvalue weighted by Crippen LogP contribution is -2.31. The Balaban J connectivity index is 1.76. The summed E-state index contributed by atoms with van der Waals surface area (Å²) >= 11 is 6.48. The summed E-state index contributed by atoms with van der Waals surface area (Å²) in [4.78, 5) is 17.6. The van der Waals surface area contributed by atoms with Crippen LogP contribution in [0.1, 0.15) is 25.5 Å². The fraction of sp³-hybridized carbons (Fsp3) is 0.190. The first-order chi connectivity index (χ1) is 14.1. The van der Waals surface area contributed by atoms with Crippen molar-refractivity contribution in [2.45, 2.75) is 19.9 Å². The van der Waals surface area contributed by atoms with Crippen LogP contribution in [0.15, 0.2) is 66.1 Å². The second kappa shape index (κ2) is 7.97. The summed E-state index contributed by atoms with van der Waals surface area (Å²) in [7, 11) is 0. The zero-order valence-corrected chi connectivity index (χ0v) is 16.8. The van der Waals surface area contributed by atoms with Crippen molar-refractivity contribution in [3.63, 3.8) is 0 Å². The third kappa shape index (κ3) is 3.56. The van der Waals surface area contributed by atoms with Gasteiger partial charge in [-0.25, -0.2) is 4.68 Å². The van der Waals surface area contributed by atoms with Crippen molar-refractivity contribution in [1.82, 2.24) is 14.8 Å². The molecule has 0 unspecified atom stereocenters. The Bertz CT molecular complexity index is 1090. The van der Waals surface area contributed by atoms with E-state index in [9.17, 15) is 4.79 Å². The van der Waals surface area contributed by atoms with Gasteiger partial charge in [0.1, 0.15) is 18.1 Å². The maximum absolute atomic E-state index is 13.4. The molecule has 1 atom stereocenters. The lowest BCUT2D eigenvalue weighted by molar-refractivity contribution is -0.113. The molecule has 0 fully saturated rings. The smallest absolute Gasteiger partial charge is 0.255 e. The molecule has 4 rings (SSSR count). The number of hydrogen-bond donors (Lipinski definition) is 2. The van der Waals surface area contributed by atoms with Crippen molar-refractivity contribution < 1.29 is 9.53 Å². The largest absolute Gasteiger partial charge is 0.492 e. The Morgan fingerprint density at radius 2 is 2.00 bits per heavy atom. The average molecular weight is 410 g/mol. The van der Waals surface area contributed by atoms with E-state index in [-0.39, 0.29) is 5.91 Å². The van der Waals surface area contributed by atoms with Crippen LogP contribution in [0.3, 0.4) is 0 Å². The minimum absolute atomic E-state index is 0.270. The Kier molecular flexibility index (Phi) is 5.22. The molecule has 3 aromatic rings. The number of aromatic nitrogens is 3. The van der Waals surface area contributed by atoms with Gasteiger partial charge in [-0.1, -0.05) is 41.9 Å². The summed E-state index contributed by atoms with van der Waals surface area (Å²) < 4.78 is 7.30. The molecule has 1 aliphatic rings. The van der Waals surface area contributed by atoms with Gasteiger partial charge in [0.05, 0.1) is 17.9 Å². The van der Waals surface area contributed by atoms with Gasteiger partial charge in [-0.05, 0) is 32.0 Å². The molecule has 0 saturated carbocycles. The number of para-hydroxylation sites is 2. The standard InChI is InChI=1S/C21H20ClN5O2/c1-3-29-17-11-7-6-10-16(17)26-20(28)18-13(2)25-21-23-12-24-27(21)19(18)14-8-4-5-9-15(14)22/h4-12,19H,3H2,1-2H3,(H,26,28)(H,23,24,25)/t19-/m1/s1. The molecular formula is C21H20ClN5O2. The lowest BCUT2D eigenvalue weighted by atomic mass is 9.95. The molecular weight excluding hydrogens is 390 g/mol. The summed E-state index contributed by atoms with van der Waals surface area (Å²) in [6.45, 7) is 4.24. The van der Waals surface area contributed by atoms with E-state index in [0.29, 0.717) is 40.3 Å². The van der Waals surface area contributed by atoms with Crippen LogP contribution in [0.5, 0.6) is 5.75 Å². The SMILES string of the molecule is CCOc1ccccc1NC(=O)C1=C(C)Nc2ncnn2[C@@H]1c1ccccc1Cl. The Morgan fingerprint density at radius 1 is 1.24 bits per heavy atom. The van der Waals surface area contributed by atoms with Gasteiger partial charge in [0.2, 0.25) is 5.95 Å². The summed E-state index contributed by atoms with van der Waals surface area (Å²) in [6.07, 6.45) is 1.45. The van der Waals surface area contributed by atoms with Gasteiger partial charge in [-0.3, -0.25) is 4.79 Å². The van der Waals surface area contributed by atoms with E-state index in [1.165, 1.54) is 6.33 Å². The number of fused-ring (bicyclic) bond motifs is 1. The Labute approximate surface area is 173 Å². The highest BCUT2D eigenvalue weighted by atomic mass is 35.5. The molecule has 0 saturated heterocycles. The number of nitrogens with zero attached hydrogens (tertiary/aromatic N) is 3. The third-order valence-electron chi connectivity index (χ3n) is 4.67. The highest BCUT2D eigenvalue weighted by Crippen LogP contribution is 2.38. The van der Waals surface area contributed by atoms with E-state index >= 15 is 0 Å². The van der Waals surface area contributed by atoms with Crippen LogP contribution in [-0.2, 0) is 4.79 Å². The fourth-order valence-corrected chi connectivity index (χ4v) is 3.65. The molecule has 2 heterocycles. The Hall–Kier alpha value is -3.32. The van der Waals surface area contributed by atoms with Crippen molar-refractivity contribution in [3.8, 4) is 5.75 Å². The van der Waals surface area contributed by atoms with Crippen molar-refractivity contribution in [3.05, 3.63) is 76.7 Å². The topological polar surface area (TPSA) is 81.1 Å². The van der Waals surface area contributed by atoms with E-state index in [4.69, 9.17) is 16.3 Å². The molecule has 8 heteroatoms. The quantitative estimate of drug-likeness (QED) is 0.658. The van der Waals surface area contributed by atoms with Gasteiger partial charge in [0, 0.05) is 16.3 Å². The molecule has 7 nitrogen and oxygen atoms in total. The van der Waals surface area contributed by atoms with Gasteiger partial charge in [-0.15, -0.1) is 0 Å². The van der Waals surface area contributed by atoms with Crippen LogP contribution in [0.4, 0.5) is 11.6 Å². The molecule has 1 amide bonds. The van der Waals surface area contributed by atoms with Gasteiger partial charge < -0.3 is 15.4 Å². The van der Waals surface area contributed by atoms with E-state index in [1.807, 2.05) is 50.2 Å². The summed E-state index contributed by atoms with van der Waals surface area (Å²) in [6, 6.07) is 14.2. The lowest BCUT2D eigenvalue weighted by Gasteiger charge is -2.29. The maximum atomic E-state index is 13.4. The number of rotatable bonds is 5. The molecule has 0 aliphatic carbocycles. The molecule has 2 aromatic carbocycles. The summed E-state index contributed by atoms with van der Waals surface area (Å²) in [5.74, 6) is 0.896. The first-order valence-corrected chi connectivity index (χ1v) is 9.62. The van der Waals surface area contributed by atoms with Gasteiger partial charge in [-0.2, -0.15) is 10.1 Å². The number of allylic oxidation sites excluding steroid dienone is 1. The van der Waals surface area contributed by atoms with Gasteiger partial charge in [0.15, 0.2) is 0 Å². The van der Waals surface area contributed by atoms with Crippen molar-refractivity contribution in [1.29, 1.82) is 0 Å². The van der Waals surface area contributed by atoms with Crippen molar-refractivity contribution in [2.75, 3.05) is 17.2 Å². The molecule has 0 radical (unpaired) electrons. The molecule has 2 N–H and O–H groups in total. The second-order valence-corrected chi connectivity index (χ2v) is 6.91. The zero-order chi connectivity index (χ0) is 20.4. The first kappa shape index (κ1) is 19.0. The van der Waals surface area contributed by atoms with E-state index in [0.717, 1.165) is 5.56 Å². The van der Waals surface area contributed by atoms with E-state index in [1.54, 1.807) is 16.8 Å². The number of hydrogen-bond acceptors (Lipinski definition) is 5. The van der Waals surface area contributed by atoms with E-state index < -0.39 is 6.04 Å². The number of amides is 1. The number of nitrogens with one attached hydrogen (secondary N) is 2. The van der Waals surface area contributed by atoms with Crippen LogP contribution in [0, 0.1) is 0 Å².